The van der Waals surface area contributed by atoms with Crippen molar-refractivity contribution in [3.8, 4) is 11.5 Å². The van der Waals surface area contributed by atoms with E-state index in [9.17, 15) is 0 Å². The van der Waals surface area contributed by atoms with E-state index >= 15 is 0 Å². The Morgan fingerprint density at radius 3 is 1.70 bits per heavy atom. The van der Waals surface area contributed by atoms with Gasteiger partial charge in [0.2, 0.25) is 0 Å². The maximum absolute atomic E-state index is 6.08. The Kier molecular flexibility index (Phi) is 3.69. The van der Waals surface area contributed by atoms with Gasteiger partial charge >= 0.3 is 0 Å². The molecule has 4 rings (SSSR count). The third-order valence-corrected chi connectivity index (χ3v) is 4.19. The quantitative estimate of drug-likeness (QED) is 0.851. The van der Waals surface area contributed by atoms with Crippen LogP contribution in [0.2, 0.25) is 0 Å². The van der Waals surface area contributed by atoms with Gasteiger partial charge in [-0.1, -0.05) is 36.4 Å². The van der Waals surface area contributed by atoms with Crippen LogP contribution in [0.1, 0.15) is 11.1 Å². The standard InChI is InChI=1S/C18H20N2O3/c1-19-11-13-7-3-5-9-15(13)21-17(19)23-18-20(2)12-14-8-4-6-10-16(14)22-18/h3-10,17-18H,11-12H2,1-2H3. The summed E-state index contributed by atoms with van der Waals surface area (Å²) in [5.74, 6) is 1.74. The predicted octanol–water partition coefficient (Wildman–Crippen LogP) is 2.62. The molecule has 2 aromatic rings. The molecule has 0 bridgehead atoms. The summed E-state index contributed by atoms with van der Waals surface area (Å²) in [4.78, 5) is 4.06. The normalized spacial score (nSPS) is 24.3. The van der Waals surface area contributed by atoms with E-state index in [4.69, 9.17) is 14.2 Å². The molecule has 0 aliphatic carbocycles. The molecule has 2 aliphatic heterocycles. The van der Waals surface area contributed by atoms with E-state index in [0.29, 0.717) is 0 Å². The molecule has 2 unspecified atom stereocenters. The Morgan fingerprint density at radius 2 is 1.22 bits per heavy atom. The number of ether oxygens (including phenoxy) is 3. The first-order valence-corrected chi connectivity index (χ1v) is 7.76. The molecule has 0 aromatic heterocycles. The van der Waals surface area contributed by atoms with Crippen LogP contribution in [0.15, 0.2) is 48.5 Å². The van der Waals surface area contributed by atoms with Crippen LogP contribution in [0.3, 0.4) is 0 Å². The van der Waals surface area contributed by atoms with Crippen LogP contribution >= 0.6 is 0 Å². The molecule has 0 fully saturated rings. The van der Waals surface area contributed by atoms with Gasteiger partial charge in [-0.15, -0.1) is 0 Å². The predicted molar refractivity (Wildman–Crippen MR) is 85.7 cm³/mol. The van der Waals surface area contributed by atoms with E-state index in [0.717, 1.165) is 35.7 Å². The van der Waals surface area contributed by atoms with Crippen molar-refractivity contribution in [1.29, 1.82) is 0 Å². The maximum atomic E-state index is 6.08. The fourth-order valence-electron chi connectivity index (χ4n) is 2.95. The van der Waals surface area contributed by atoms with Gasteiger partial charge in [-0.05, 0) is 26.2 Å². The van der Waals surface area contributed by atoms with Gasteiger partial charge in [0.05, 0.1) is 0 Å². The number of hydrogen-bond acceptors (Lipinski definition) is 5. The first-order valence-electron chi connectivity index (χ1n) is 7.76. The van der Waals surface area contributed by atoms with Gasteiger partial charge in [0, 0.05) is 24.2 Å². The summed E-state index contributed by atoms with van der Waals surface area (Å²) in [6.07, 6.45) is -0.940. The Bertz CT molecular complexity index is 647. The van der Waals surface area contributed by atoms with Gasteiger partial charge in [0.1, 0.15) is 11.5 Å². The Hall–Kier alpha value is -2.08. The number of para-hydroxylation sites is 2. The first-order chi connectivity index (χ1) is 11.2. The van der Waals surface area contributed by atoms with E-state index in [1.165, 1.54) is 0 Å². The number of nitrogens with zero attached hydrogens (tertiary/aromatic N) is 2. The lowest BCUT2D eigenvalue weighted by Gasteiger charge is -2.39. The van der Waals surface area contributed by atoms with Gasteiger partial charge in [-0.3, -0.25) is 4.74 Å². The largest absolute Gasteiger partial charge is 0.451 e. The molecule has 2 atom stereocenters. The lowest BCUT2D eigenvalue weighted by Crippen LogP contribution is -2.50. The molecule has 5 nitrogen and oxygen atoms in total. The highest BCUT2D eigenvalue weighted by Crippen LogP contribution is 2.31. The first kappa shape index (κ1) is 14.5. The Morgan fingerprint density at radius 1 is 0.783 bits per heavy atom. The minimum absolute atomic E-state index is 0.470. The van der Waals surface area contributed by atoms with Gasteiger partial charge < -0.3 is 9.47 Å². The summed E-state index contributed by atoms with van der Waals surface area (Å²) in [7, 11) is 3.97. The van der Waals surface area contributed by atoms with Gasteiger partial charge in [-0.2, -0.15) is 0 Å². The van der Waals surface area contributed by atoms with Crippen LogP contribution in [0, 0.1) is 0 Å². The summed E-state index contributed by atoms with van der Waals surface area (Å²) < 4.78 is 18.0. The van der Waals surface area contributed by atoms with Crippen LogP contribution in [0.25, 0.3) is 0 Å². The third-order valence-electron chi connectivity index (χ3n) is 4.19. The van der Waals surface area contributed by atoms with Crippen molar-refractivity contribution in [1.82, 2.24) is 9.80 Å². The number of fused-ring (bicyclic) bond motifs is 2. The van der Waals surface area contributed by atoms with Crippen molar-refractivity contribution < 1.29 is 14.2 Å². The summed E-state index contributed by atoms with van der Waals surface area (Å²) in [6, 6.07) is 16.1. The minimum atomic E-state index is -0.470. The maximum Gasteiger partial charge on any atom is 0.266 e. The molecule has 5 heteroatoms. The second-order valence-corrected chi connectivity index (χ2v) is 6.03. The van der Waals surface area contributed by atoms with Crippen LogP contribution in [0.5, 0.6) is 11.5 Å². The van der Waals surface area contributed by atoms with Gasteiger partial charge in [-0.25, -0.2) is 9.80 Å². The highest BCUT2D eigenvalue weighted by molar-refractivity contribution is 5.35. The highest BCUT2D eigenvalue weighted by Gasteiger charge is 2.32. The van der Waals surface area contributed by atoms with Crippen LogP contribution < -0.4 is 9.47 Å². The van der Waals surface area contributed by atoms with Crippen molar-refractivity contribution in [2.75, 3.05) is 14.1 Å². The smallest absolute Gasteiger partial charge is 0.266 e. The molecule has 23 heavy (non-hydrogen) atoms. The fourth-order valence-corrected chi connectivity index (χ4v) is 2.95. The molecule has 2 aromatic carbocycles. The zero-order chi connectivity index (χ0) is 15.8. The van der Waals surface area contributed by atoms with E-state index in [2.05, 4.69) is 12.1 Å². The van der Waals surface area contributed by atoms with E-state index in [1.54, 1.807) is 0 Å². The van der Waals surface area contributed by atoms with Gasteiger partial charge in [0.15, 0.2) is 0 Å². The van der Waals surface area contributed by atoms with Crippen molar-refractivity contribution in [3.05, 3.63) is 59.7 Å². The average molecular weight is 312 g/mol. The van der Waals surface area contributed by atoms with Crippen molar-refractivity contribution in [2.24, 2.45) is 0 Å². The summed E-state index contributed by atoms with van der Waals surface area (Å²) in [6.45, 7) is 1.57. The molecule has 0 amide bonds. The summed E-state index contributed by atoms with van der Waals surface area (Å²) in [5, 5.41) is 0. The fraction of sp³-hybridized carbons (Fsp3) is 0.333. The van der Waals surface area contributed by atoms with E-state index in [-0.39, 0.29) is 0 Å². The van der Waals surface area contributed by atoms with Gasteiger partial charge in [0.25, 0.3) is 12.8 Å². The van der Waals surface area contributed by atoms with Crippen LogP contribution in [-0.2, 0) is 17.8 Å². The van der Waals surface area contributed by atoms with Crippen LogP contribution in [-0.4, -0.2) is 36.7 Å². The second kappa shape index (κ2) is 5.85. The number of hydrogen-bond donors (Lipinski definition) is 0. The minimum Gasteiger partial charge on any atom is -0.451 e. The van der Waals surface area contributed by atoms with Crippen molar-refractivity contribution in [3.63, 3.8) is 0 Å². The Labute approximate surface area is 136 Å². The summed E-state index contributed by atoms with van der Waals surface area (Å²) >= 11 is 0. The SMILES string of the molecule is CN1Cc2ccccc2OC1OC1Oc2ccccc2CN1C. The Balaban J connectivity index is 1.50. The summed E-state index contributed by atoms with van der Waals surface area (Å²) in [5.41, 5.74) is 2.33. The van der Waals surface area contributed by atoms with Crippen molar-refractivity contribution in [2.45, 2.75) is 25.9 Å². The van der Waals surface area contributed by atoms with Crippen LogP contribution in [0.4, 0.5) is 0 Å². The number of rotatable bonds is 2. The monoisotopic (exact) mass is 312 g/mol. The molecular formula is C18H20N2O3. The zero-order valence-corrected chi connectivity index (χ0v) is 13.3. The zero-order valence-electron chi connectivity index (χ0n) is 13.3. The molecule has 0 saturated heterocycles. The molecule has 0 radical (unpaired) electrons. The lowest BCUT2D eigenvalue weighted by atomic mass is 10.1. The topological polar surface area (TPSA) is 34.2 Å². The molecule has 0 N–H and O–H groups in total. The molecule has 2 aliphatic rings. The number of benzene rings is 2. The molecular weight excluding hydrogens is 292 g/mol. The lowest BCUT2D eigenvalue weighted by molar-refractivity contribution is -0.291. The second-order valence-electron chi connectivity index (χ2n) is 6.03. The molecule has 0 spiro atoms. The highest BCUT2D eigenvalue weighted by atomic mass is 16.8. The molecule has 120 valence electrons. The van der Waals surface area contributed by atoms with Crippen molar-refractivity contribution >= 4 is 0 Å². The van der Waals surface area contributed by atoms with E-state index < -0.39 is 12.8 Å². The third kappa shape index (κ3) is 2.79. The average Bonchev–Trinajstić information content (AvgIpc) is 2.56. The molecule has 0 saturated carbocycles. The molecule has 2 heterocycles. The van der Waals surface area contributed by atoms with E-state index in [1.807, 2.05) is 60.3 Å².